The zero-order valence-corrected chi connectivity index (χ0v) is 12.0. The van der Waals surface area contributed by atoms with Gasteiger partial charge in [0.1, 0.15) is 11.6 Å². The van der Waals surface area contributed by atoms with E-state index in [9.17, 15) is 22.0 Å². The monoisotopic (exact) mass is 303 g/mol. The van der Waals surface area contributed by atoms with Crippen LogP contribution in [0.25, 0.3) is 0 Å². The van der Waals surface area contributed by atoms with Crippen LogP contribution in [0.5, 0.6) is 0 Å². The van der Waals surface area contributed by atoms with Crippen LogP contribution in [0.1, 0.15) is 24.2 Å². The van der Waals surface area contributed by atoms with E-state index in [1.807, 2.05) is 0 Å². The van der Waals surface area contributed by atoms with E-state index in [4.69, 9.17) is 0 Å². The number of carbonyl (C=O) groups is 1. The largest absolute Gasteiger partial charge is 0.334 e. The third-order valence-corrected chi connectivity index (χ3v) is 6.00. The van der Waals surface area contributed by atoms with Gasteiger partial charge in [-0.2, -0.15) is 0 Å². The quantitative estimate of drug-likeness (QED) is 0.792. The molecule has 1 aromatic rings. The lowest BCUT2D eigenvalue weighted by atomic mass is 10.1. The average molecular weight is 303 g/mol. The van der Waals surface area contributed by atoms with E-state index in [0.717, 1.165) is 12.1 Å². The molecule has 0 spiro atoms. The highest BCUT2D eigenvalue weighted by Crippen LogP contribution is 2.22. The van der Waals surface area contributed by atoms with Crippen molar-refractivity contribution in [2.45, 2.75) is 25.1 Å². The highest BCUT2D eigenvalue weighted by Gasteiger charge is 2.38. The molecular formula is C13H15F2NO3S. The Hall–Kier alpha value is -1.50. The van der Waals surface area contributed by atoms with E-state index >= 15 is 0 Å². The van der Waals surface area contributed by atoms with Crippen LogP contribution in [0.2, 0.25) is 0 Å². The summed E-state index contributed by atoms with van der Waals surface area (Å²) in [6, 6.07) is 2.05. The summed E-state index contributed by atoms with van der Waals surface area (Å²) in [5.74, 6) is -2.36. The highest BCUT2D eigenvalue weighted by atomic mass is 32.2. The number of hydrogen-bond donors (Lipinski definition) is 0. The van der Waals surface area contributed by atoms with E-state index in [2.05, 4.69) is 0 Å². The SMILES string of the molecule is C[C@@H]1[C@H](C)N(C(=O)c2cc(F)cc(F)c2)CCS1(=O)=O. The second kappa shape index (κ2) is 5.12. The van der Waals surface area contributed by atoms with Crippen molar-refractivity contribution < 1.29 is 22.0 Å². The minimum absolute atomic E-state index is 0.0325. The summed E-state index contributed by atoms with van der Waals surface area (Å²) in [4.78, 5) is 13.6. The van der Waals surface area contributed by atoms with Crippen LogP contribution in [0.3, 0.4) is 0 Å². The average Bonchev–Trinajstić information content (AvgIpc) is 2.34. The third kappa shape index (κ3) is 2.67. The topological polar surface area (TPSA) is 54.5 Å². The van der Waals surface area contributed by atoms with Crippen molar-refractivity contribution in [3.8, 4) is 0 Å². The molecule has 110 valence electrons. The van der Waals surface area contributed by atoms with Gasteiger partial charge < -0.3 is 4.90 Å². The second-order valence-corrected chi connectivity index (χ2v) is 7.45. The summed E-state index contributed by atoms with van der Waals surface area (Å²) in [7, 11) is -3.22. The number of carbonyl (C=O) groups excluding carboxylic acids is 1. The Morgan fingerprint density at radius 1 is 1.20 bits per heavy atom. The highest BCUT2D eigenvalue weighted by molar-refractivity contribution is 7.92. The van der Waals surface area contributed by atoms with Crippen LogP contribution in [0, 0.1) is 11.6 Å². The normalized spacial score (nSPS) is 25.5. The van der Waals surface area contributed by atoms with Gasteiger partial charge in [0.25, 0.3) is 5.91 Å². The Morgan fingerprint density at radius 3 is 2.30 bits per heavy atom. The van der Waals surface area contributed by atoms with Gasteiger partial charge in [0.2, 0.25) is 0 Å². The minimum Gasteiger partial charge on any atom is -0.334 e. The molecule has 0 aliphatic carbocycles. The predicted octanol–water partition coefficient (Wildman–Crippen LogP) is 1.61. The number of benzene rings is 1. The molecule has 2 rings (SSSR count). The lowest BCUT2D eigenvalue weighted by molar-refractivity contribution is 0.0692. The summed E-state index contributed by atoms with van der Waals surface area (Å²) in [5, 5.41) is -0.696. The fourth-order valence-electron chi connectivity index (χ4n) is 2.30. The molecule has 1 aromatic carbocycles. The van der Waals surface area contributed by atoms with E-state index in [0.29, 0.717) is 6.07 Å². The standard InChI is InChI=1S/C13H15F2NO3S/c1-8-9(2)20(18,19)4-3-16(8)13(17)10-5-11(14)7-12(15)6-10/h5-9H,3-4H2,1-2H3/t8-,9+/m0/s1. The zero-order valence-electron chi connectivity index (χ0n) is 11.1. The molecule has 1 aliphatic heterocycles. The number of nitrogens with zero attached hydrogens (tertiary/aromatic N) is 1. The molecule has 0 radical (unpaired) electrons. The van der Waals surface area contributed by atoms with Crippen LogP contribution in [0.15, 0.2) is 18.2 Å². The van der Waals surface area contributed by atoms with E-state index in [1.165, 1.54) is 11.8 Å². The lowest BCUT2D eigenvalue weighted by Crippen LogP contribution is -2.54. The van der Waals surface area contributed by atoms with Crippen molar-refractivity contribution in [2.24, 2.45) is 0 Å². The Bertz CT molecular complexity index is 625. The van der Waals surface area contributed by atoms with Crippen molar-refractivity contribution in [3.63, 3.8) is 0 Å². The van der Waals surface area contributed by atoms with Gasteiger partial charge in [0, 0.05) is 24.2 Å². The summed E-state index contributed by atoms with van der Waals surface area (Å²) in [5.41, 5.74) is -0.110. The molecule has 7 heteroatoms. The van der Waals surface area contributed by atoms with Crippen LogP contribution in [-0.4, -0.2) is 42.8 Å². The van der Waals surface area contributed by atoms with E-state index in [1.54, 1.807) is 6.92 Å². The third-order valence-electron chi connectivity index (χ3n) is 3.72. The molecule has 20 heavy (non-hydrogen) atoms. The molecular weight excluding hydrogens is 288 g/mol. The Kier molecular flexibility index (Phi) is 3.82. The van der Waals surface area contributed by atoms with Crippen molar-refractivity contribution in [2.75, 3.05) is 12.3 Å². The van der Waals surface area contributed by atoms with Gasteiger partial charge in [-0.25, -0.2) is 17.2 Å². The first-order valence-electron chi connectivity index (χ1n) is 6.21. The minimum atomic E-state index is -3.22. The molecule has 0 bridgehead atoms. The number of sulfone groups is 1. The second-order valence-electron chi connectivity index (χ2n) is 4.97. The van der Waals surface area contributed by atoms with Gasteiger partial charge in [-0.15, -0.1) is 0 Å². The number of rotatable bonds is 1. The molecule has 0 aromatic heterocycles. The maximum Gasteiger partial charge on any atom is 0.254 e. The number of halogens is 2. The molecule has 1 amide bonds. The molecule has 1 heterocycles. The summed E-state index contributed by atoms with van der Waals surface area (Å²) >= 11 is 0. The van der Waals surface area contributed by atoms with Crippen molar-refractivity contribution in [1.29, 1.82) is 0 Å². The van der Waals surface area contributed by atoms with Crippen LogP contribution in [-0.2, 0) is 9.84 Å². The summed E-state index contributed by atoms with van der Waals surface area (Å²) in [6.07, 6.45) is 0. The summed E-state index contributed by atoms with van der Waals surface area (Å²) < 4.78 is 49.8. The Morgan fingerprint density at radius 2 is 1.75 bits per heavy atom. The van der Waals surface area contributed by atoms with Crippen LogP contribution >= 0.6 is 0 Å². The van der Waals surface area contributed by atoms with Crippen LogP contribution < -0.4 is 0 Å². The molecule has 1 aliphatic rings. The molecule has 1 fully saturated rings. The Labute approximate surface area is 116 Å². The molecule has 0 unspecified atom stereocenters. The maximum absolute atomic E-state index is 13.1. The lowest BCUT2D eigenvalue weighted by Gasteiger charge is -2.37. The van der Waals surface area contributed by atoms with Gasteiger partial charge in [-0.3, -0.25) is 4.79 Å². The first-order valence-corrected chi connectivity index (χ1v) is 7.92. The van der Waals surface area contributed by atoms with E-state index < -0.39 is 38.7 Å². The van der Waals surface area contributed by atoms with Crippen molar-refractivity contribution in [1.82, 2.24) is 4.90 Å². The smallest absolute Gasteiger partial charge is 0.254 e. The fraction of sp³-hybridized carbons (Fsp3) is 0.462. The first kappa shape index (κ1) is 14.9. The molecule has 4 nitrogen and oxygen atoms in total. The first-order chi connectivity index (χ1) is 9.22. The molecule has 1 saturated heterocycles. The fourth-order valence-corrected chi connectivity index (χ4v) is 3.87. The molecule has 2 atom stereocenters. The zero-order chi connectivity index (χ0) is 15.1. The van der Waals surface area contributed by atoms with Gasteiger partial charge in [0.05, 0.1) is 11.0 Å². The van der Waals surface area contributed by atoms with Gasteiger partial charge in [0.15, 0.2) is 9.84 Å². The number of amides is 1. The molecule has 0 saturated carbocycles. The van der Waals surface area contributed by atoms with Crippen LogP contribution in [0.4, 0.5) is 8.78 Å². The predicted molar refractivity (Wildman–Crippen MR) is 70.1 cm³/mol. The number of hydrogen-bond acceptors (Lipinski definition) is 3. The van der Waals surface area contributed by atoms with Gasteiger partial charge >= 0.3 is 0 Å². The van der Waals surface area contributed by atoms with Gasteiger partial charge in [-0.1, -0.05) is 0 Å². The van der Waals surface area contributed by atoms with E-state index in [-0.39, 0.29) is 17.9 Å². The van der Waals surface area contributed by atoms with Crippen molar-refractivity contribution in [3.05, 3.63) is 35.4 Å². The summed E-state index contributed by atoms with van der Waals surface area (Å²) in [6.45, 7) is 3.19. The molecule has 0 N–H and O–H groups in total. The maximum atomic E-state index is 13.1. The van der Waals surface area contributed by atoms with Crippen molar-refractivity contribution >= 4 is 15.7 Å². The Balaban J connectivity index is 2.30. The van der Waals surface area contributed by atoms with Gasteiger partial charge in [-0.05, 0) is 26.0 Å².